The minimum absolute atomic E-state index is 0.0236. The first-order chi connectivity index (χ1) is 7.18. The Balaban J connectivity index is 2.06. The summed E-state index contributed by atoms with van der Waals surface area (Å²) >= 11 is 1.80. The molecule has 0 aromatic carbocycles. The van der Waals surface area contributed by atoms with Crippen LogP contribution < -0.4 is 0 Å². The zero-order valence-corrected chi connectivity index (χ0v) is 10.5. The van der Waals surface area contributed by atoms with E-state index in [1.165, 1.54) is 7.11 Å². The summed E-state index contributed by atoms with van der Waals surface area (Å²) in [4.78, 5) is 11.4. The van der Waals surface area contributed by atoms with Gasteiger partial charge in [0, 0.05) is 16.6 Å². The van der Waals surface area contributed by atoms with Gasteiger partial charge >= 0.3 is 5.97 Å². The van der Waals surface area contributed by atoms with Gasteiger partial charge in [-0.3, -0.25) is 9.00 Å². The number of hydrogen-bond acceptors (Lipinski definition) is 4. The molecule has 2 fully saturated rings. The molecular formula is C10H16O3S2. The Bertz CT molecular complexity index is 292. The number of methoxy groups -OCH3 is 1. The number of esters is 1. The van der Waals surface area contributed by atoms with E-state index in [0.717, 1.165) is 37.2 Å². The molecule has 0 bridgehead atoms. The van der Waals surface area contributed by atoms with Crippen molar-refractivity contribution in [2.75, 3.05) is 18.6 Å². The second-order valence-corrected chi connectivity index (χ2v) is 7.74. The first kappa shape index (κ1) is 11.5. The van der Waals surface area contributed by atoms with E-state index in [1.54, 1.807) is 11.8 Å². The number of rotatable bonds is 1. The van der Waals surface area contributed by atoms with Gasteiger partial charge in [0.2, 0.25) is 0 Å². The summed E-state index contributed by atoms with van der Waals surface area (Å²) in [5.74, 6) is 1.74. The highest BCUT2D eigenvalue weighted by molar-refractivity contribution is 8.13. The molecule has 1 aliphatic heterocycles. The third-order valence-electron chi connectivity index (χ3n) is 3.22. The maximum absolute atomic E-state index is 12.0. The number of thioether (sulfide) groups is 1. The molecule has 0 N–H and O–H groups in total. The molecule has 1 saturated heterocycles. The van der Waals surface area contributed by atoms with Gasteiger partial charge < -0.3 is 4.74 Å². The van der Waals surface area contributed by atoms with E-state index in [1.807, 2.05) is 0 Å². The maximum Gasteiger partial charge on any atom is 0.308 e. The van der Waals surface area contributed by atoms with Gasteiger partial charge in [0.25, 0.3) is 0 Å². The lowest BCUT2D eigenvalue weighted by Gasteiger charge is -2.31. The minimum atomic E-state index is -0.758. The highest BCUT2D eigenvalue weighted by atomic mass is 32.2. The predicted molar refractivity (Wildman–Crippen MR) is 62.2 cm³/mol. The van der Waals surface area contributed by atoms with Gasteiger partial charge in [0.1, 0.15) is 0 Å². The summed E-state index contributed by atoms with van der Waals surface area (Å²) in [6, 6.07) is 0. The van der Waals surface area contributed by atoms with Crippen molar-refractivity contribution in [3.63, 3.8) is 0 Å². The summed E-state index contributed by atoms with van der Waals surface area (Å²) in [5.41, 5.74) is 0. The van der Waals surface area contributed by atoms with Crippen LogP contribution in [0.15, 0.2) is 0 Å². The molecule has 86 valence electrons. The van der Waals surface area contributed by atoms with Crippen molar-refractivity contribution in [2.24, 2.45) is 5.92 Å². The SMILES string of the molecule is COC(=O)[C@H]1CC[C@@]2(C1)SCCC[S@@]2=O. The summed E-state index contributed by atoms with van der Waals surface area (Å²) in [6.07, 6.45) is 3.54. The van der Waals surface area contributed by atoms with E-state index >= 15 is 0 Å². The molecule has 15 heavy (non-hydrogen) atoms. The van der Waals surface area contributed by atoms with E-state index in [0.29, 0.717) is 0 Å². The van der Waals surface area contributed by atoms with Crippen LogP contribution in [0.4, 0.5) is 0 Å². The lowest BCUT2D eigenvalue weighted by Crippen LogP contribution is -2.34. The lowest BCUT2D eigenvalue weighted by molar-refractivity contribution is -0.145. The van der Waals surface area contributed by atoms with Crippen LogP contribution in [-0.2, 0) is 20.3 Å². The zero-order chi connectivity index (χ0) is 10.9. The van der Waals surface area contributed by atoms with Crippen molar-refractivity contribution in [1.29, 1.82) is 0 Å². The number of carbonyl (C=O) groups is 1. The Kier molecular flexibility index (Phi) is 3.40. The van der Waals surface area contributed by atoms with Crippen LogP contribution in [0.2, 0.25) is 0 Å². The van der Waals surface area contributed by atoms with Crippen molar-refractivity contribution in [3.05, 3.63) is 0 Å². The van der Waals surface area contributed by atoms with Crippen LogP contribution in [-0.4, -0.2) is 32.9 Å². The molecule has 3 nitrogen and oxygen atoms in total. The van der Waals surface area contributed by atoms with Gasteiger partial charge in [0.15, 0.2) is 0 Å². The smallest absolute Gasteiger partial charge is 0.308 e. The van der Waals surface area contributed by atoms with Crippen LogP contribution in [0.1, 0.15) is 25.7 Å². The Hall–Kier alpha value is -0.0300. The van der Waals surface area contributed by atoms with Gasteiger partial charge in [-0.2, -0.15) is 0 Å². The summed E-state index contributed by atoms with van der Waals surface area (Å²) in [6.45, 7) is 0. The predicted octanol–water partition coefficient (Wildman–Crippen LogP) is 1.54. The molecule has 2 aliphatic rings. The quantitative estimate of drug-likeness (QED) is 0.660. The van der Waals surface area contributed by atoms with Gasteiger partial charge in [-0.15, -0.1) is 11.8 Å². The third-order valence-corrected chi connectivity index (χ3v) is 7.38. The summed E-state index contributed by atoms with van der Waals surface area (Å²) < 4.78 is 16.6. The number of ether oxygens (including phenoxy) is 1. The Morgan fingerprint density at radius 2 is 2.40 bits per heavy atom. The largest absolute Gasteiger partial charge is 0.469 e. The van der Waals surface area contributed by atoms with Gasteiger partial charge in [-0.25, -0.2) is 0 Å². The molecule has 0 aromatic heterocycles. The Morgan fingerprint density at radius 1 is 1.60 bits per heavy atom. The van der Waals surface area contributed by atoms with E-state index in [4.69, 9.17) is 4.74 Å². The fourth-order valence-corrected chi connectivity index (χ4v) is 6.34. The molecule has 1 aliphatic carbocycles. The van der Waals surface area contributed by atoms with Crippen molar-refractivity contribution in [3.8, 4) is 0 Å². The van der Waals surface area contributed by atoms with Crippen molar-refractivity contribution in [1.82, 2.24) is 0 Å². The van der Waals surface area contributed by atoms with Crippen molar-refractivity contribution >= 4 is 28.5 Å². The first-order valence-corrected chi connectivity index (χ1v) is 7.59. The number of carbonyl (C=O) groups excluding carboxylic acids is 1. The molecule has 1 heterocycles. The van der Waals surface area contributed by atoms with Crippen LogP contribution in [0.3, 0.4) is 0 Å². The average molecular weight is 248 g/mol. The van der Waals surface area contributed by atoms with E-state index in [-0.39, 0.29) is 16.0 Å². The topological polar surface area (TPSA) is 43.4 Å². The molecule has 1 spiro atoms. The second-order valence-electron chi connectivity index (χ2n) is 4.13. The number of hydrogen-bond donors (Lipinski definition) is 0. The highest BCUT2D eigenvalue weighted by Gasteiger charge is 2.48. The van der Waals surface area contributed by atoms with Crippen LogP contribution in [0, 0.1) is 5.92 Å². The van der Waals surface area contributed by atoms with Crippen LogP contribution >= 0.6 is 11.8 Å². The fourth-order valence-electron chi connectivity index (χ4n) is 2.38. The molecule has 1 saturated carbocycles. The average Bonchev–Trinajstić information content (AvgIpc) is 2.67. The highest BCUT2D eigenvalue weighted by Crippen LogP contribution is 2.49. The van der Waals surface area contributed by atoms with Crippen molar-refractivity contribution < 1.29 is 13.7 Å². The third kappa shape index (κ3) is 2.09. The molecule has 0 aromatic rings. The van der Waals surface area contributed by atoms with E-state index in [9.17, 15) is 9.00 Å². The molecular weight excluding hydrogens is 232 g/mol. The van der Waals surface area contributed by atoms with Crippen molar-refractivity contribution in [2.45, 2.75) is 29.8 Å². The summed E-state index contributed by atoms with van der Waals surface area (Å²) in [5, 5.41) is 0. The minimum Gasteiger partial charge on any atom is -0.469 e. The van der Waals surface area contributed by atoms with Gasteiger partial charge in [0.05, 0.1) is 17.1 Å². The van der Waals surface area contributed by atoms with Crippen LogP contribution in [0.5, 0.6) is 0 Å². The van der Waals surface area contributed by atoms with E-state index < -0.39 is 10.8 Å². The monoisotopic (exact) mass is 248 g/mol. The van der Waals surface area contributed by atoms with Crippen LogP contribution in [0.25, 0.3) is 0 Å². The maximum atomic E-state index is 12.0. The Morgan fingerprint density at radius 3 is 3.07 bits per heavy atom. The fraction of sp³-hybridized carbons (Fsp3) is 0.900. The molecule has 0 unspecified atom stereocenters. The molecule has 5 heteroatoms. The standard InChI is InChI=1S/C10H16O3S2/c1-13-9(11)8-3-4-10(7-8)14-5-2-6-15(10)12/h8H,2-7H2,1H3/t8-,10+,15-/m0/s1. The second kappa shape index (κ2) is 4.45. The molecule has 3 atom stereocenters. The lowest BCUT2D eigenvalue weighted by atomic mass is 10.1. The Labute approximate surface area is 96.8 Å². The first-order valence-electron chi connectivity index (χ1n) is 5.28. The van der Waals surface area contributed by atoms with Gasteiger partial charge in [-0.05, 0) is 31.4 Å². The van der Waals surface area contributed by atoms with Gasteiger partial charge in [-0.1, -0.05) is 0 Å². The van der Waals surface area contributed by atoms with E-state index in [2.05, 4.69) is 0 Å². The normalized spacial score (nSPS) is 40.6. The summed E-state index contributed by atoms with van der Waals surface area (Å²) in [7, 11) is 0.671. The molecule has 2 rings (SSSR count). The zero-order valence-electron chi connectivity index (χ0n) is 8.86. The molecule has 0 radical (unpaired) electrons. The molecule has 0 amide bonds.